The number of hydrogen-bond donors (Lipinski definition) is 0. The molecule has 0 unspecified atom stereocenters. The van der Waals surface area contributed by atoms with Crippen LogP contribution < -0.4 is 4.74 Å². The Hall–Kier alpha value is -1.25. The van der Waals surface area contributed by atoms with E-state index in [0.29, 0.717) is 23.8 Å². The van der Waals surface area contributed by atoms with Crippen LogP contribution in [-0.2, 0) is 9.84 Å². The second-order valence-corrected chi connectivity index (χ2v) is 6.03. The van der Waals surface area contributed by atoms with Crippen molar-refractivity contribution in [3.8, 4) is 11.8 Å². The van der Waals surface area contributed by atoms with Gasteiger partial charge in [-0.1, -0.05) is 11.6 Å². The summed E-state index contributed by atoms with van der Waals surface area (Å²) in [5.41, 5.74) is 0. The molecule has 0 aliphatic rings. The number of nitriles is 1. The number of halogens is 1. The maximum absolute atomic E-state index is 11.2. The van der Waals surface area contributed by atoms with Crippen LogP contribution >= 0.6 is 11.6 Å². The third kappa shape index (κ3) is 5.57. The molecule has 92 valence electrons. The summed E-state index contributed by atoms with van der Waals surface area (Å²) in [6, 6.07) is 8.45. The Bertz CT molecular complexity index is 490. The van der Waals surface area contributed by atoms with Crippen LogP contribution in [0, 0.1) is 11.3 Å². The third-order valence-electron chi connectivity index (χ3n) is 1.97. The van der Waals surface area contributed by atoms with E-state index in [2.05, 4.69) is 0 Å². The molecular formula is C11H12ClNO3S. The molecule has 0 aliphatic carbocycles. The van der Waals surface area contributed by atoms with Gasteiger partial charge in [0.05, 0.1) is 18.4 Å². The van der Waals surface area contributed by atoms with Gasteiger partial charge in [-0.25, -0.2) is 8.42 Å². The number of rotatable bonds is 6. The van der Waals surface area contributed by atoms with Gasteiger partial charge in [-0.2, -0.15) is 5.26 Å². The average molecular weight is 274 g/mol. The highest BCUT2D eigenvalue weighted by atomic mass is 35.5. The van der Waals surface area contributed by atoms with E-state index < -0.39 is 15.6 Å². The van der Waals surface area contributed by atoms with Gasteiger partial charge in [0.1, 0.15) is 11.5 Å². The lowest BCUT2D eigenvalue weighted by atomic mass is 10.3. The van der Waals surface area contributed by atoms with Gasteiger partial charge < -0.3 is 4.74 Å². The lowest BCUT2D eigenvalue weighted by Gasteiger charge is -2.05. The van der Waals surface area contributed by atoms with Crippen molar-refractivity contribution >= 4 is 21.4 Å². The van der Waals surface area contributed by atoms with Gasteiger partial charge in [-0.3, -0.25) is 0 Å². The van der Waals surface area contributed by atoms with E-state index in [0.717, 1.165) is 0 Å². The normalized spacial score (nSPS) is 10.8. The van der Waals surface area contributed by atoms with Crippen LogP contribution in [0.3, 0.4) is 0 Å². The number of sulfone groups is 1. The molecule has 17 heavy (non-hydrogen) atoms. The molecule has 0 amide bonds. The molecule has 1 rings (SSSR count). The zero-order valence-corrected chi connectivity index (χ0v) is 10.7. The van der Waals surface area contributed by atoms with E-state index in [-0.39, 0.29) is 5.75 Å². The van der Waals surface area contributed by atoms with E-state index in [1.54, 1.807) is 30.3 Å². The van der Waals surface area contributed by atoms with E-state index in [4.69, 9.17) is 21.6 Å². The SMILES string of the molecule is N#CCS(=O)(=O)CCCOc1ccc(Cl)cc1. The zero-order valence-electron chi connectivity index (χ0n) is 9.10. The molecule has 0 aromatic heterocycles. The van der Waals surface area contributed by atoms with E-state index in [1.807, 2.05) is 0 Å². The van der Waals surface area contributed by atoms with Gasteiger partial charge in [0.25, 0.3) is 0 Å². The smallest absolute Gasteiger partial charge is 0.163 e. The fourth-order valence-electron chi connectivity index (χ4n) is 1.17. The van der Waals surface area contributed by atoms with Crippen LogP contribution in [0.25, 0.3) is 0 Å². The number of ether oxygens (including phenoxy) is 1. The Morgan fingerprint density at radius 3 is 2.53 bits per heavy atom. The van der Waals surface area contributed by atoms with Gasteiger partial charge in [0, 0.05) is 5.02 Å². The Labute approximate surface area is 106 Å². The second-order valence-electron chi connectivity index (χ2n) is 3.41. The topological polar surface area (TPSA) is 67.2 Å². The Balaban J connectivity index is 2.30. The Morgan fingerprint density at radius 1 is 1.29 bits per heavy atom. The summed E-state index contributed by atoms with van der Waals surface area (Å²) < 4.78 is 27.7. The molecule has 6 heteroatoms. The lowest BCUT2D eigenvalue weighted by Crippen LogP contribution is -2.12. The van der Waals surface area contributed by atoms with Crippen LogP contribution in [0.2, 0.25) is 5.02 Å². The average Bonchev–Trinajstić information content (AvgIpc) is 2.27. The monoisotopic (exact) mass is 273 g/mol. The molecule has 4 nitrogen and oxygen atoms in total. The molecule has 1 aromatic rings. The quantitative estimate of drug-likeness (QED) is 0.744. The maximum atomic E-state index is 11.2. The standard InChI is InChI=1S/C11H12ClNO3S/c12-10-2-4-11(5-3-10)16-7-1-8-17(14,15)9-6-13/h2-5H,1,7-9H2. The lowest BCUT2D eigenvalue weighted by molar-refractivity contribution is 0.317. The highest BCUT2D eigenvalue weighted by molar-refractivity contribution is 7.91. The van der Waals surface area contributed by atoms with Crippen molar-refractivity contribution in [2.45, 2.75) is 6.42 Å². The molecule has 0 heterocycles. The predicted molar refractivity (Wildman–Crippen MR) is 65.8 cm³/mol. The first-order valence-electron chi connectivity index (χ1n) is 4.99. The fraction of sp³-hybridized carbons (Fsp3) is 0.364. The predicted octanol–water partition coefficient (Wildman–Crippen LogP) is 2.05. The third-order valence-corrected chi connectivity index (χ3v) is 3.70. The fourth-order valence-corrected chi connectivity index (χ4v) is 2.19. The summed E-state index contributed by atoms with van der Waals surface area (Å²) in [5, 5.41) is 8.91. The highest BCUT2D eigenvalue weighted by Gasteiger charge is 2.09. The first kappa shape index (κ1) is 13.8. The largest absolute Gasteiger partial charge is 0.494 e. The molecule has 0 spiro atoms. The molecular weight excluding hydrogens is 262 g/mol. The highest BCUT2D eigenvalue weighted by Crippen LogP contribution is 2.15. The summed E-state index contributed by atoms with van der Waals surface area (Å²) in [7, 11) is -3.26. The molecule has 0 bridgehead atoms. The Kier molecular flexibility index (Phi) is 5.26. The van der Waals surface area contributed by atoms with Gasteiger partial charge in [0.2, 0.25) is 0 Å². The van der Waals surface area contributed by atoms with Crippen LogP contribution in [0.4, 0.5) is 0 Å². The first-order valence-corrected chi connectivity index (χ1v) is 7.19. The molecule has 1 aromatic carbocycles. The van der Waals surface area contributed by atoms with Crippen molar-refractivity contribution in [1.82, 2.24) is 0 Å². The second kappa shape index (κ2) is 6.48. The summed E-state index contributed by atoms with van der Waals surface area (Å²) in [4.78, 5) is 0. The van der Waals surface area contributed by atoms with E-state index in [9.17, 15) is 8.42 Å². The van der Waals surface area contributed by atoms with Gasteiger partial charge in [-0.15, -0.1) is 0 Å². The van der Waals surface area contributed by atoms with Crippen molar-refractivity contribution in [3.05, 3.63) is 29.3 Å². The van der Waals surface area contributed by atoms with Crippen molar-refractivity contribution in [2.75, 3.05) is 18.1 Å². The molecule has 0 saturated heterocycles. The molecule has 0 radical (unpaired) electrons. The first-order chi connectivity index (χ1) is 8.03. The molecule has 0 atom stereocenters. The van der Waals surface area contributed by atoms with E-state index in [1.165, 1.54) is 0 Å². The van der Waals surface area contributed by atoms with Gasteiger partial charge in [-0.05, 0) is 30.7 Å². The summed E-state index contributed by atoms with van der Waals surface area (Å²) >= 11 is 5.70. The van der Waals surface area contributed by atoms with Crippen LogP contribution in [0.5, 0.6) is 5.75 Å². The van der Waals surface area contributed by atoms with Crippen LogP contribution in [-0.4, -0.2) is 26.5 Å². The number of hydrogen-bond acceptors (Lipinski definition) is 4. The summed E-state index contributed by atoms with van der Waals surface area (Å²) in [5.74, 6) is 0.175. The van der Waals surface area contributed by atoms with Gasteiger partial charge in [0.15, 0.2) is 9.84 Å². The minimum absolute atomic E-state index is 0.0336. The molecule has 0 saturated carbocycles. The van der Waals surface area contributed by atoms with Gasteiger partial charge >= 0.3 is 0 Å². The van der Waals surface area contributed by atoms with Crippen LogP contribution in [0.1, 0.15) is 6.42 Å². The Morgan fingerprint density at radius 2 is 1.94 bits per heavy atom. The summed E-state index contributed by atoms with van der Waals surface area (Å²) in [6.07, 6.45) is 0.368. The van der Waals surface area contributed by atoms with Crippen molar-refractivity contribution < 1.29 is 13.2 Å². The van der Waals surface area contributed by atoms with Crippen molar-refractivity contribution in [3.63, 3.8) is 0 Å². The zero-order chi connectivity index (χ0) is 12.7. The number of benzene rings is 1. The summed E-state index contributed by atoms with van der Waals surface area (Å²) in [6.45, 7) is 0.298. The van der Waals surface area contributed by atoms with Crippen LogP contribution in [0.15, 0.2) is 24.3 Å². The van der Waals surface area contributed by atoms with Crippen molar-refractivity contribution in [2.24, 2.45) is 0 Å². The minimum atomic E-state index is -3.26. The molecule has 0 fully saturated rings. The minimum Gasteiger partial charge on any atom is -0.494 e. The maximum Gasteiger partial charge on any atom is 0.163 e. The molecule has 0 aliphatic heterocycles. The van der Waals surface area contributed by atoms with E-state index >= 15 is 0 Å². The number of nitrogens with zero attached hydrogens (tertiary/aromatic N) is 1. The molecule has 0 N–H and O–H groups in total. The van der Waals surface area contributed by atoms with Crippen molar-refractivity contribution in [1.29, 1.82) is 5.26 Å².